The number of carboxylic acid groups (broad SMARTS) is 1. The third-order valence-corrected chi connectivity index (χ3v) is 7.10. The number of carboxylic acids is 1. The van der Waals surface area contributed by atoms with Gasteiger partial charge in [0.2, 0.25) is 5.91 Å². The Morgan fingerprint density at radius 3 is 2.18 bits per heavy atom. The molecule has 8 heteroatoms. The molecule has 5 rings (SSSR count). The molecule has 0 unspecified atom stereocenters. The number of likely N-dealkylation sites (tertiary alicyclic amines) is 1. The summed E-state index contributed by atoms with van der Waals surface area (Å²) in [6, 6.07) is 16.3. The van der Waals surface area contributed by atoms with Crippen LogP contribution in [0, 0.1) is 5.41 Å². The molecule has 2 aliphatic carbocycles. The lowest BCUT2D eigenvalue weighted by atomic mass is 9.93. The van der Waals surface area contributed by atoms with Crippen LogP contribution in [0.25, 0.3) is 11.1 Å². The van der Waals surface area contributed by atoms with E-state index in [4.69, 9.17) is 14.6 Å². The van der Waals surface area contributed by atoms with E-state index in [2.05, 4.69) is 29.6 Å². The first-order valence-corrected chi connectivity index (χ1v) is 11.5. The molecule has 0 atom stereocenters. The monoisotopic (exact) mass is 464 g/mol. The van der Waals surface area contributed by atoms with Crippen molar-refractivity contribution in [3.63, 3.8) is 0 Å². The summed E-state index contributed by atoms with van der Waals surface area (Å²) < 4.78 is 11.0. The molecule has 0 aromatic heterocycles. The van der Waals surface area contributed by atoms with Crippen molar-refractivity contribution >= 4 is 18.0 Å². The number of ether oxygens (including phenoxy) is 2. The standard InChI is InChI=1S/C26H28N2O6/c1-25(34-13-22(29)30)15-28(16-25)23(31)26(10-11-26)14-27-24(32)33-12-21-19-8-4-2-6-17(19)18-7-3-5-9-20(18)21/h2-9,21H,10-16H2,1H3,(H,27,32)(H,29,30). The second-order valence-electron chi connectivity index (χ2n) is 9.75. The Morgan fingerprint density at radius 2 is 1.62 bits per heavy atom. The third kappa shape index (κ3) is 4.14. The van der Waals surface area contributed by atoms with E-state index in [0.717, 1.165) is 11.1 Å². The van der Waals surface area contributed by atoms with Gasteiger partial charge in [-0.25, -0.2) is 9.59 Å². The molecule has 2 N–H and O–H groups in total. The SMILES string of the molecule is CC1(OCC(=O)O)CN(C(=O)C2(CNC(=O)OCC3c4ccccc4-c4ccccc43)CC2)C1. The van der Waals surface area contributed by atoms with Gasteiger partial charge in [0, 0.05) is 12.5 Å². The zero-order valence-electron chi connectivity index (χ0n) is 19.1. The molecular weight excluding hydrogens is 436 g/mol. The smallest absolute Gasteiger partial charge is 0.407 e. The first-order valence-electron chi connectivity index (χ1n) is 11.5. The number of benzene rings is 2. The number of rotatable bonds is 8. The zero-order chi connectivity index (χ0) is 23.9. The predicted octanol–water partition coefficient (Wildman–Crippen LogP) is 3.01. The number of hydrogen-bond acceptors (Lipinski definition) is 5. The minimum absolute atomic E-state index is 0.0146. The number of aliphatic carboxylic acids is 1. The molecule has 0 spiro atoms. The quantitative estimate of drug-likeness (QED) is 0.622. The summed E-state index contributed by atoms with van der Waals surface area (Å²) in [6.45, 7) is 2.58. The molecule has 1 saturated heterocycles. The highest BCUT2D eigenvalue weighted by Crippen LogP contribution is 2.48. The van der Waals surface area contributed by atoms with Crippen molar-refractivity contribution in [2.24, 2.45) is 5.41 Å². The van der Waals surface area contributed by atoms with Gasteiger partial charge in [0.15, 0.2) is 0 Å². The number of hydrogen-bond donors (Lipinski definition) is 2. The van der Waals surface area contributed by atoms with Gasteiger partial charge in [-0.1, -0.05) is 48.5 Å². The summed E-state index contributed by atoms with van der Waals surface area (Å²) in [5, 5.41) is 11.6. The van der Waals surface area contributed by atoms with Crippen molar-refractivity contribution in [2.45, 2.75) is 31.3 Å². The van der Waals surface area contributed by atoms with Gasteiger partial charge in [0.1, 0.15) is 18.8 Å². The lowest BCUT2D eigenvalue weighted by Crippen LogP contribution is -2.65. The van der Waals surface area contributed by atoms with Crippen molar-refractivity contribution in [3.05, 3.63) is 59.7 Å². The fourth-order valence-electron chi connectivity index (χ4n) is 5.08. The average Bonchev–Trinajstić information content (AvgIpc) is 3.54. The third-order valence-electron chi connectivity index (χ3n) is 7.10. The van der Waals surface area contributed by atoms with Crippen LogP contribution in [0.5, 0.6) is 0 Å². The van der Waals surface area contributed by atoms with Gasteiger partial charge >= 0.3 is 12.1 Å². The van der Waals surface area contributed by atoms with Crippen molar-refractivity contribution in [3.8, 4) is 11.1 Å². The van der Waals surface area contributed by atoms with Gasteiger partial charge in [-0.15, -0.1) is 0 Å². The van der Waals surface area contributed by atoms with Crippen molar-refractivity contribution < 1.29 is 29.0 Å². The van der Waals surface area contributed by atoms with Gasteiger partial charge in [-0.2, -0.15) is 0 Å². The molecule has 2 amide bonds. The predicted molar refractivity (Wildman–Crippen MR) is 123 cm³/mol. The van der Waals surface area contributed by atoms with E-state index in [-0.39, 0.29) is 31.6 Å². The van der Waals surface area contributed by atoms with Gasteiger partial charge in [-0.05, 0) is 42.0 Å². The molecule has 34 heavy (non-hydrogen) atoms. The van der Waals surface area contributed by atoms with E-state index in [1.807, 2.05) is 24.3 Å². The van der Waals surface area contributed by atoms with E-state index in [0.29, 0.717) is 25.9 Å². The molecule has 1 aliphatic heterocycles. The minimum Gasteiger partial charge on any atom is -0.480 e. The molecule has 178 valence electrons. The van der Waals surface area contributed by atoms with Gasteiger partial charge in [0.05, 0.1) is 18.5 Å². The molecular formula is C26H28N2O6. The Kier molecular flexibility index (Phi) is 5.56. The van der Waals surface area contributed by atoms with E-state index in [9.17, 15) is 14.4 Å². The summed E-state index contributed by atoms with van der Waals surface area (Å²) in [4.78, 5) is 37.8. The Morgan fingerprint density at radius 1 is 1.03 bits per heavy atom. The van der Waals surface area contributed by atoms with Gasteiger partial charge < -0.3 is 24.8 Å². The summed E-state index contributed by atoms with van der Waals surface area (Å²) in [5.41, 5.74) is 3.41. The minimum atomic E-state index is -1.03. The van der Waals surface area contributed by atoms with Crippen LogP contribution in [0.15, 0.2) is 48.5 Å². The summed E-state index contributed by atoms with van der Waals surface area (Å²) in [7, 11) is 0. The van der Waals surface area contributed by atoms with E-state index in [1.54, 1.807) is 11.8 Å². The maximum atomic E-state index is 13.0. The molecule has 1 saturated carbocycles. The van der Waals surface area contributed by atoms with Crippen LogP contribution >= 0.6 is 0 Å². The normalized spacial score (nSPS) is 18.9. The lowest BCUT2D eigenvalue weighted by molar-refractivity contribution is -0.176. The fraction of sp³-hybridized carbons (Fsp3) is 0.423. The van der Waals surface area contributed by atoms with Crippen molar-refractivity contribution in [2.75, 3.05) is 32.8 Å². The maximum Gasteiger partial charge on any atom is 0.407 e. The zero-order valence-corrected chi connectivity index (χ0v) is 19.1. The highest BCUT2D eigenvalue weighted by atomic mass is 16.5. The number of nitrogens with one attached hydrogen (secondary N) is 1. The van der Waals surface area contributed by atoms with Crippen LogP contribution in [0.1, 0.15) is 36.8 Å². The number of carbonyl (C=O) groups excluding carboxylic acids is 2. The molecule has 2 aromatic rings. The van der Waals surface area contributed by atoms with E-state index >= 15 is 0 Å². The number of nitrogens with zero attached hydrogens (tertiary/aromatic N) is 1. The number of fused-ring (bicyclic) bond motifs is 3. The van der Waals surface area contributed by atoms with Crippen LogP contribution < -0.4 is 5.32 Å². The summed E-state index contributed by atoms with van der Waals surface area (Å²) >= 11 is 0. The van der Waals surface area contributed by atoms with Crippen molar-refractivity contribution in [1.82, 2.24) is 10.2 Å². The first-order chi connectivity index (χ1) is 16.3. The molecule has 0 radical (unpaired) electrons. The Bertz CT molecular complexity index is 1090. The molecule has 1 heterocycles. The van der Waals surface area contributed by atoms with Crippen LogP contribution in [0.3, 0.4) is 0 Å². The number of amides is 2. The van der Waals surface area contributed by atoms with Gasteiger partial charge in [-0.3, -0.25) is 4.79 Å². The second-order valence-corrected chi connectivity index (χ2v) is 9.75. The Balaban J connectivity index is 1.13. The average molecular weight is 465 g/mol. The number of carbonyl (C=O) groups is 3. The van der Waals surface area contributed by atoms with Crippen LogP contribution in [-0.2, 0) is 19.1 Å². The largest absolute Gasteiger partial charge is 0.480 e. The molecule has 8 nitrogen and oxygen atoms in total. The Hall–Kier alpha value is -3.39. The Labute approximate surface area is 197 Å². The molecule has 2 aromatic carbocycles. The highest BCUT2D eigenvalue weighted by molar-refractivity contribution is 5.87. The summed E-state index contributed by atoms with van der Waals surface area (Å²) in [5.74, 6) is -1.07. The first kappa shape index (κ1) is 22.4. The number of alkyl carbamates (subject to hydrolysis) is 1. The topological polar surface area (TPSA) is 105 Å². The maximum absolute atomic E-state index is 13.0. The van der Waals surface area contributed by atoms with Crippen LogP contribution in [0.2, 0.25) is 0 Å². The van der Waals surface area contributed by atoms with Crippen LogP contribution in [-0.4, -0.2) is 66.4 Å². The second kappa shape index (κ2) is 8.43. The van der Waals surface area contributed by atoms with Gasteiger partial charge in [0.25, 0.3) is 0 Å². The molecule has 0 bridgehead atoms. The lowest BCUT2D eigenvalue weighted by Gasteiger charge is -2.48. The van der Waals surface area contributed by atoms with E-state index in [1.165, 1.54) is 11.1 Å². The molecule has 3 aliphatic rings. The van der Waals surface area contributed by atoms with Crippen LogP contribution in [0.4, 0.5) is 4.79 Å². The fourth-order valence-corrected chi connectivity index (χ4v) is 5.08. The van der Waals surface area contributed by atoms with Crippen molar-refractivity contribution in [1.29, 1.82) is 0 Å². The summed E-state index contributed by atoms with van der Waals surface area (Å²) in [6.07, 6.45) is 0.886. The molecule has 2 fully saturated rings. The highest BCUT2D eigenvalue weighted by Gasteiger charge is 2.56. The van der Waals surface area contributed by atoms with E-state index < -0.39 is 23.1 Å².